The highest BCUT2D eigenvalue weighted by Crippen LogP contribution is 2.10. The van der Waals surface area contributed by atoms with Crippen molar-refractivity contribution in [3.63, 3.8) is 0 Å². The first-order chi connectivity index (χ1) is 8.31. The lowest BCUT2D eigenvalue weighted by molar-refractivity contribution is 0.113. The fraction of sp³-hybridized carbons (Fsp3) is 0.500. The second kappa shape index (κ2) is 7.83. The summed E-state index contributed by atoms with van der Waals surface area (Å²) in [7, 11) is 0. The van der Waals surface area contributed by atoms with Crippen molar-refractivity contribution < 1.29 is 4.74 Å². The van der Waals surface area contributed by atoms with Gasteiger partial charge in [-0.25, -0.2) is 0 Å². The minimum atomic E-state index is 0.749. The summed E-state index contributed by atoms with van der Waals surface area (Å²) in [5.41, 5.74) is 1.86. The van der Waals surface area contributed by atoms with Gasteiger partial charge in [-0.15, -0.1) is 0 Å². The fourth-order valence-electron chi connectivity index (χ4n) is 1.70. The molecule has 0 amide bonds. The summed E-state index contributed by atoms with van der Waals surface area (Å²) in [6.45, 7) is 8.32. The van der Waals surface area contributed by atoms with Gasteiger partial charge in [-0.2, -0.15) is 5.26 Å². The van der Waals surface area contributed by atoms with Gasteiger partial charge in [-0.3, -0.25) is 4.90 Å². The molecule has 3 nitrogen and oxygen atoms in total. The van der Waals surface area contributed by atoms with Gasteiger partial charge in [-0.1, -0.05) is 25.1 Å². The molecule has 0 radical (unpaired) electrons. The standard InChI is InChI=1S/C14H20N2O/c1-3-16(9-10-17-4-2)12-14-8-6-5-7-13(14)11-15/h5-8H,3-4,9-10,12H2,1-2H3. The first-order valence-corrected chi connectivity index (χ1v) is 6.09. The molecule has 1 aromatic carbocycles. The van der Waals surface area contributed by atoms with Gasteiger partial charge in [0.2, 0.25) is 0 Å². The van der Waals surface area contributed by atoms with Crippen LogP contribution in [0.15, 0.2) is 24.3 Å². The van der Waals surface area contributed by atoms with E-state index in [4.69, 9.17) is 10.00 Å². The van der Waals surface area contributed by atoms with Gasteiger partial charge < -0.3 is 4.74 Å². The van der Waals surface area contributed by atoms with Crippen molar-refractivity contribution in [3.8, 4) is 6.07 Å². The molecular weight excluding hydrogens is 212 g/mol. The maximum Gasteiger partial charge on any atom is 0.0995 e. The van der Waals surface area contributed by atoms with Crippen LogP contribution >= 0.6 is 0 Å². The highest BCUT2D eigenvalue weighted by atomic mass is 16.5. The molecule has 0 aliphatic heterocycles. The Balaban J connectivity index is 2.58. The third-order valence-corrected chi connectivity index (χ3v) is 2.73. The van der Waals surface area contributed by atoms with E-state index in [0.717, 1.165) is 44.0 Å². The highest BCUT2D eigenvalue weighted by Gasteiger charge is 2.06. The van der Waals surface area contributed by atoms with E-state index in [2.05, 4.69) is 17.9 Å². The number of rotatable bonds is 7. The molecule has 1 aromatic rings. The molecule has 0 aliphatic rings. The number of hydrogen-bond acceptors (Lipinski definition) is 3. The molecule has 0 aliphatic carbocycles. The zero-order valence-corrected chi connectivity index (χ0v) is 10.6. The number of hydrogen-bond donors (Lipinski definition) is 0. The van der Waals surface area contributed by atoms with Gasteiger partial charge in [0.15, 0.2) is 0 Å². The molecule has 17 heavy (non-hydrogen) atoms. The molecule has 0 fully saturated rings. The second-order valence-corrected chi connectivity index (χ2v) is 3.83. The lowest BCUT2D eigenvalue weighted by Crippen LogP contribution is -2.27. The number of nitrogens with zero attached hydrogens (tertiary/aromatic N) is 2. The van der Waals surface area contributed by atoms with Crippen LogP contribution in [0.1, 0.15) is 25.0 Å². The Labute approximate surface area is 104 Å². The SMILES string of the molecule is CCOCCN(CC)Cc1ccccc1C#N. The molecule has 92 valence electrons. The van der Waals surface area contributed by atoms with Crippen molar-refractivity contribution in [3.05, 3.63) is 35.4 Å². The normalized spacial score (nSPS) is 10.5. The van der Waals surface area contributed by atoms with E-state index in [1.165, 1.54) is 0 Å². The molecule has 0 heterocycles. The van der Waals surface area contributed by atoms with Crippen molar-refractivity contribution in [1.29, 1.82) is 5.26 Å². The smallest absolute Gasteiger partial charge is 0.0995 e. The molecular formula is C14H20N2O. The van der Waals surface area contributed by atoms with Gasteiger partial charge in [0.05, 0.1) is 18.2 Å². The first kappa shape index (κ1) is 13.7. The average Bonchev–Trinajstić information content (AvgIpc) is 2.38. The van der Waals surface area contributed by atoms with Crippen molar-refractivity contribution in [2.75, 3.05) is 26.3 Å². The number of nitriles is 1. The fourth-order valence-corrected chi connectivity index (χ4v) is 1.70. The van der Waals surface area contributed by atoms with Gasteiger partial charge in [-0.05, 0) is 25.1 Å². The molecule has 3 heteroatoms. The summed E-state index contributed by atoms with van der Waals surface area (Å²) >= 11 is 0. The lowest BCUT2D eigenvalue weighted by Gasteiger charge is -2.20. The quantitative estimate of drug-likeness (QED) is 0.677. The van der Waals surface area contributed by atoms with Crippen LogP contribution in [-0.4, -0.2) is 31.2 Å². The van der Waals surface area contributed by atoms with Gasteiger partial charge in [0.1, 0.15) is 0 Å². The summed E-state index contributed by atoms with van der Waals surface area (Å²) < 4.78 is 5.35. The number of benzene rings is 1. The molecule has 0 aromatic heterocycles. The Bertz CT molecular complexity index is 371. The Morgan fingerprint density at radius 2 is 2.06 bits per heavy atom. The molecule has 0 bridgehead atoms. The van der Waals surface area contributed by atoms with Crippen molar-refractivity contribution in [2.24, 2.45) is 0 Å². The monoisotopic (exact) mass is 232 g/mol. The van der Waals surface area contributed by atoms with Crippen LogP contribution in [0.4, 0.5) is 0 Å². The van der Waals surface area contributed by atoms with Crippen molar-refractivity contribution >= 4 is 0 Å². The van der Waals surface area contributed by atoms with Crippen molar-refractivity contribution in [2.45, 2.75) is 20.4 Å². The van der Waals surface area contributed by atoms with Crippen molar-refractivity contribution in [1.82, 2.24) is 4.90 Å². The largest absolute Gasteiger partial charge is 0.380 e. The molecule has 0 saturated carbocycles. The zero-order valence-electron chi connectivity index (χ0n) is 10.6. The third kappa shape index (κ3) is 4.56. The Kier molecular flexibility index (Phi) is 6.31. The van der Waals surface area contributed by atoms with E-state index in [9.17, 15) is 0 Å². The predicted molar refractivity (Wildman–Crippen MR) is 68.6 cm³/mol. The minimum absolute atomic E-state index is 0.749. The number of ether oxygens (including phenoxy) is 1. The van der Waals surface area contributed by atoms with E-state index in [1.807, 2.05) is 31.2 Å². The molecule has 0 N–H and O–H groups in total. The Morgan fingerprint density at radius 1 is 1.29 bits per heavy atom. The molecule has 0 spiro atoms. The van der Waals surface area contributed by atoms with Crippen LogP contribution in [0.5, 0.6) is 0 Å². The van der Waals surface area contributed by atoms with Crippen LogP contribution in [-0.2, 0) is 11.3 Å². The zero-order chi connectivity index (χ0) is 12.5. The highest BCUT2D eigenvalue weighted by molar-refractivity contribution is 5.37. The average molecular weight is 232 g/mol. The number of likely N-dealkylation sites (N-methyl/N-ethyl adjacent to an activating group) is 1. The molecule has 0 atom stereocenters. The third-order valence-electron chi connectivity index (χ3n) is 2.73. The first-order valence-electron chi connectivity index (χ1n) is 6.09. The lowest BCUT2D eigenvalue weighted by atomic mass is 10.1. The van der Waals surface area contributed by atoms with Crippen LogP contribution in [0, 0.1) is 11.3 Å². The predicted octanol–water partition coefficient (Wildman–Crippen LogP) is 2.42. The van der Waals surface area contributed by atoms with E-state index >= 15 is 0 Å². The van der Waals surface area contributed by atoms with Crippen LogP contribution in [0.25, 0.3) is 0 Å². The van der Waals surface area contributed by atoms with Crippen LogP contribution in [0.3, 0.4) is 0 Å². The molecule has 0 unspecified atom stereocenters. The van der Waals surface area contributed by atoms with Crippen LogP contribution in [0.2, 0.25) is 0 Å². The Hall–Kier alpha value is -1.37. The van der Waals surface area contributed by atoms with Gasteiger partial charge in [0, 0.05) is 19.7 Å². The van der Waals surface area contributed by atoms with E-state index in [0.29, 0.717) is 0 Å². The summed E-state index contributed by atoms with van der Waals surface area (Å²) in [5, 5.41) is 9.02. The summed E-state index contributed by atoms with van der Waals surface area (Å²) in [6, 6.07) is 10.00. The molecule has 0 saturated heterocycles. The summed E-state index contributed by atoms with van der Waals surface area (Å²) in [5.74, 6) is 0. The maximum absolute atomic E-state index is 9.02. The maximum atomic E-state index is 9.02. The summed E-state index contributed by atoms with van der Waals surface area (Å²) in [6.07, 6.45) is 0. The van der Waals surface area contributed by atoms with Gasteiger partial charge >= 0.3 is 0 Å². The van der Waals surface area contributed by atoms with Gasteiger partial charge in [0.25, 0.3) is 0 Å². The summed E-state index contributed by atoms with van der Waals surface area (Å²) in [4.78, 5) is 2.28. The topological polar surface area (TPSA) is 36.3 Å². The molecule has 1 rings (SSSR count). The minimum Gasteiger partial charge on any atom is -0.380 e. The van der Waals surface area contributed by atoms with E-state index in [1.54, 1.807) is 0 Å². The van der Waals surface area contributed by atoms with E-state index in [-0.39, 0.29) is 0 Å². The van der Waals surface area contributed by atoms with E-state index < -0.39 is 0 Å². The van der Waals surface area contributed by atoms with Crippen LogP contribution < -0.4 is 0 Å². The Morgan fingerprint density at radius 3 is 2.71 bits per heavy atom. The second-order valence-electron chi connectivity index (χ2n) is 3.83.